The van der Waals surface area contributed by atoms with E-state index in [1.54, 1.807) is 0 Å². The molecular weight excluding hydrogens is 535 g/mol. The molecule has 40 heavy (non-hydrogen) atoms. The van der Waals surface area contributed by atoms with Crippen molar-refractivity contribution < 1.29 is 4.79 Å². The smallest absolute Gasteiger partial charge is 0.238 e. The second-order valence-corrected chi connectivity index (χ2v) is 12.2. The van der Waals surface area contributed by atoms with Gasteiger partial charge >= 0.3 is 0 Å². The largest absolute Gasteiger partial charge is 0.316 e. The van der Waals surface area contributed by atoms with Gasteiger partial charge in [0.1, 0.15) is 22.2 Å². The van der Waals surface area contributed by atoms with Crippen molar-refractivity contribution in [3.63, 3.8) is 0 Å². The maximum Gasteiger partial charge on any atom is 0.238 e. The van der Waals surface area contributed by atoms with E-state index in [0.717, 1.165) is 57.9 Å². The maximum absolute atomic E-state index is 13.6. The minimum Gasteiger partial charge on any atom is -0.316 e. The number of likely N-dealkylation sites (N-methyl/N-ethyl adjacent to an activating group) is 1. The van der Waals surface area contributed by atoms with Crippen LogP contribution in [0.3, 0.4) is 0 Å². The van der Waals surface area contributed by atoms with Crippen LogP contribution in [0.4, 0.5) is 5.00 Å². The van der Waals surface area contributed by atoms with Crippen LogP contribution in [-0.4, -0.2) is 34.6 Å². The highest BCUT2D eigenvalue weighted by Gasteiger charge is 2.27. The number of pyridine rings is 1. The number of hydrogen-bond acceptors (Lipinski definition) is 7. The Morgan fingerprint density at radius 1 is 1.10 bits per heavy atom. The van der Waals surface area contributed by atoms with Crippen LogP contribution in [0, 0.1) is 29.6 Å². The molecule has 1 N–H and O–H groups in total. The van der Waals surface area contributed by atoms with Crippen molar-refractivity contribution >= 4 is 34.0 Å². The van der Waals surface area contributed by atoms with Gasteiger partial charge in [-0.25, -0.2) is 4.98 Å². The number of nitrogens with one attached hydrogen (secondary N) is 1. The molecule has 1 atom stereocenters. The number of nitrogens with zero attached hydrogens (tertiary/aromatic N) is 4. The Kier molecular flexibility index (Phi) is 8.32. The van der Waals surface area contributed by atoms with E-state index >= 15 is 0 Å². The van der Waals surface area contributed by atoms with E-state index < -0.39 is 5.25 Å². The quantitative estimate of drug-likeness (QED) is 0.243. The van der Waals surface area contributed by atoms with E-state index in [1.807, 2.05) is 74.5 Å². The lowest BCUT2D eigenvalue weighted by Crippen LogP contribution is -2.25. The van der Waals surface area contributed by atoms with Crippen LogP contribution in [0.5, 0.6) is 0 Å². The molecule has 1 aliphatic heterocycles. The summed E-state index contributed by atoms with van der Waals surface area (Å²) in [5.74, 6) is -0.191. The molecule has 5 rings (SSSR count). The molecule has 1 aliphatic rings. The number of fused-ring (bicyclic) bond motifs is 1. The summed E-state index contributed by atoms with van der Waals surface area (Å²) in [6.07, 6.45) is 1.34. The van der Waals surface area contributed by atoms with Gasteiger partial charge in [0.05, 0.1) is 22.1 Å². The second-order valence-electron chi connectivity index (χ2n) is 9.89. The van der Waals surface area contributed by atoms with Crippen molar-refractivity contribution in [1.29, 1.82) is 10.5 Å². The molecule has 0 aliphatic carbocycles. The number of benzene rings is 2. The van der Waals surface area contributed by atoms with Gasteiger partial charge in [0.15, 0.2) is 0 Å². The standard InChI is InChI=1S/C32H29N5OS2/c1-4-28(30(38)36-32-25(17-33)23-14-15-37(3)19-29(23)40-32)39-31-26(18-34)24(21-12-10-20(2)11-13-21)16-27(35-31)22-8-6-5-7-9-22/h5-13,16,28H,4,14-15,19H2,1-3H3,(H,36,38). The van der Waals surface area contributed by atoms with Gasteiger partial charge in [-0.3, -0.25) is 4.79 Å². The van der Waals surface area contributed by atoms with Gasteiger partial charge in [-0.15, -0.1) is 11.3 Å². The minimum atomic E-state index is -0.496. The normalized spacial score (nSPS) is 13.6. The van der Waals surface area contributed by atoms with Gasteiger partial charge in [0, 0.05) is 29.1 Å². The average Bonchev–Trinajstić information content (AvgIpc) is 3.31. The van der Waals surface area contributed by atoms with E-state index in [9.17, 15) is 15.3 Å². The molecule has 200 valence electrons. The number of thioether (sulfide) groups is 1. The van der Waals surface area contributed by atoms with Crippen LogP contribution < -0.4 is 5.32 Å². The van der Waals surface area contributed by atoms with Crippen LogP contribution >= 0.6 is 23.1 Å². The van der Waals surface area contributed by atoms with Crippen molar-refractivity contribution in [2.45, 2.75) is 43.5 Å². The number of aryl methyl sites for hydroxylation is 1. The number of aromatic nitrogens is 1. The van der Waals surface area contributed by atoms with E-state index in [1.165, 1.54) is 23.1 Å². The maximum atomic E-state index is 13.6. The molecule has 1 unspecified atom stereocenters. The molecule has 0 fully saturated rings. The zero-order valence-electron chi connectivity index (χ0n) is 22.7. The Morgan fingerprint density at radius 3 is 2.50 bits per heavy atom. The average molecular weight is 564 g/mol. The molecule has 0 bridgehead atoms. The monoisotopic (exact) mass is 563 g/mol. The number of nitriles is 2. The predicted octanol–water partition coefficient (Wildman–Crippen LogP) is 7.03. The number of hydrogen-bond donors (Lipinski definition) is 1. The summed E-state index contributed by atoms with van der Waals surface area (Å²) in [5, 5.41) is 23.8. The van der Waals surface area contributed by atoms with Crippen LogP contribution in [-0.2, 0) is 17.8 Å². The molecule has 0 saturated carbocycles. The summed E-state index contributed by atoms with van der Waals surface area (Å²) in [5.41, 5.74) is 6.60. The van der Waals surface area contributed by atoms with Gasteiger partial charge < -0.3 is 10.2 Å². The van der Waals surface area contributed by atoms with Gasteiger partial charge in [0.25, 0.3) is 0 Å². The number of anilines is 1. The summed E-state index contributed by atoms with van der Waals surface area (Å²) in [6, 6.07) is 24.6. The summed E-state index contributed by atoms with van der Waals surface area (Å²) < 4.78 is 0. The molecular formula is C32H29N5OS2. The first-order valence-electron chi connectivity index (χ1n) is 13.2. The number of carbonyl (C=O) groups excluding carboxylic acids is 1. The molecule has 6 nitrogen and oxygen atoms in total. The Morgan fingerprint density at radius 2 is 1.82 bits per heavy atom. The molecule has 3 heterocycles. The van der Waals surface area contributed by atoms with Crippen LogP contribution in [0.1, 0.15) is 40.5 Å². The van der Waals surface area contributed by atoms with Crippen molar-refractivity contribution in [2.75, 3.05) is 18.9 Å². The van der Waals surface area contributed by atoms with Gasteiger partial charge in [-0.1, -0.05) is 78.8 Å². The molecule has 1 amide bonds. The summed E-state index contributed by atoms with van der Waals surface area (Å²) in [7, 11) is 2.06. The van der Waals surface area contributed by atoms with E-state index in [0.29, 0.717) is 27.6 Å². The lowest BCUT2D eigenvalue weighted by molar-refractivity contribution is -0.115. The molecule has 0 saturated heterocycles. The zero-order chi connectivity index (χ0) is 28.2. The topological polar surface area (TPSA) is 92.8 Å². The Hall–Kier alpha value is -3.95. The van der Waals surface area contributed by atoms with Gasteiger partial charge in [-0.2, -0.15) is 10.5 Å². The zero-order valence-corrected chi connectivity index (χ0v) is 24.3. The molecule has 0 radical (unpaired) electrons. The summed E-state index contributed by atoms with van der Waals surface area (Å²) in [4.78, 5) is 21.8. The molecule has 8 heteroatoms. The number of amides is 1. The minimum absolute atomic E-state index is 0.191. The Bertz CT molecular complexity index is 1630. The van der Waals surface area contributed by atoms with Crippen LogP contribution in [0.15, 0.2) is 65.7 Å². The van der Waals surface area contributed by atoms with Crippen molar-refractivity contribution in [3.05, 3.63) is 87.8 Å². The molecule has 2 aromatic heterocycles. The summed E-state index contributed by atoms with van der Waals surface area (Å²) >= 11 is 2.79. The number of rotatable bonds is 7. The highest BCUT2D eigenvalue weighted by atomic mass is 32.2. The highest BCUT2D eigenvalue weighted by molar-refractivity contribution is 8.00. The molecule has 0 spiro atoms. The third-order valence-electron chi connectivity index (χ3n) is 7.04. The first-order valence-corrected chi connectivity index (χ1v) is 14.9. The van der Waals surface area contributed by atoms with Crippen LogP contribution in [0.2, 0.25) is 0 Å². The Balaban J connectivity index is 1.51. The number of carbonyl (C=O) groups is 1. The Labute approximate surface area is 243 Å². The van der Waals surface area contributed by atoms with Crippen molar-refractivity contribution in [1.82, 2.24) is 9.88 Å². The summed E-state index contributed by atoms with van der Waals surface area (Å²) in [6.45, 7) is 5.65. The van der Waals surface area contributed by atoms with Crippen molar-refractivity contribution in [3.8, 4) is 34.5 Å². The van der Waals surface area contributed by atoms with E-state index in [2.05, 4.69) is 29.4 Å². The SMILES string of the molecule is CCC(Sc1nc(-c2ccccc2)cc(-c2ccc(C)cc2)c1C#N)C(=O)Nc1sc2c(c1C#N)CCN(C)C2. The van der Waals surface area contributed by atoms with Crippen molar-refractivity contribution in [2.24, 2.45) is 0 Å². The van der Waals surface area contributed by atoms with Crippen LogP contribution in [0.25, 0.3) is 22.4 Å². The predicted molar refractivity (Wildman–Crippen MR) is 162 cm³/mol. The van der Waals surface area contributed by atoms with E-state index in [4.69, 9.17) is 4.98 Å². The third kappa shape index (κ3) is 5.66. The lowest BCUT2D eigenvalue weighted by Gasteiger charge is -2.21. The molecule has 2 aromatic carbocycles. The van der Waals surface area contributed by atoms with E-state index in [-0.39, 0.29) is 5.91 Å². The van der Waals surface area contributed by atoms with Gasteiger partial charge in [0.2, 0.25) is 5.91 Å². The third-order valence-corrected chi connectivity index (χ3v) is 9.53. The van der Waals surface area contributed by atoms with Gasteiger partial charge in [-0.05, 0) is 44.0 Å². The first-order chi connectivity index (χ1) is 19.4. The fraction of sp³-hybridized carbons (Fsp3) is 0.250. The fourth-order valence-electron chi connectivity index (χ4n) is 4.82. The fourth-order valence-corrected chi connectivity index (χ4v) is 7.13. The highest BCUT2D eigenvalue weighted by Crippen LogP contribution is 2.39. The number of thiophene rings is 1. The second kappa shape index (κ2) is 12.1. The lowest BCUT2D eigenvalue weighted by atomic mass is 9.98. The molecule has 4 aromatic rings. The first kappa shape index (κ1) is 27.6.